The van der Waals surface area contributed by atoms with Crippen molar-refractivity contribution in [2.75, 3.05) is 0 Å². The zero-order valence-electron chi connectivity index (χ0n) is 23.1. The molecule has 0 saturated heterocycles. The summed E-state index contributed by atoms with van der Waals surface area (Å²) in [6, 6.07) is 47.0. The normalized spacial score (nSPS) is 13.4. The van der Waals surface area contributed by atoms with Gasteiger partial charge in [-0.05, 0) is 63.2 Å². The highest BCUT2D eigenvalue weighted by Crippen LogP contribution is 2.45. The summed E-state index contributed by atoms with van der Waals surface area (Å²) in [7, 11) is 0. The Labute approximate surface area is 253 Å². The largest absolute Gasteiger partial charge is 0.292 e. The van der Waals surface area contributed by atoms with Gasteiger partial charge in [0, 0.05) is 33.7 Å². The summed E-state index contributed by atoms with van der Waals surface area (Å²) in [5.74, 6) is 0. The quantitative estimate of drug-likeness (QED) is 0.155. The SMILES string of the molecule is S=P(c1ccc2ccccc2c1)(c1cnc2ccccc2c1)c1ccc2nc3c4ccccc4c4ccccc4n3c2c1. The lowest BCUT2D eigenvalue weighted by Gasteiger charge is -2.24. The fraction of sp³-hybridized carbons (Fsp3) is 0. The monoisotopic (exact) mass is 585 g/mol. The molecule has 0 saturated carbocycles. The number of aromatic nitrogens is 3. The second-order valence-electron chi connectivity index (χ2n) is 11.0. The molecule has 0 bridgehead atoms. The third-order valence-corrected chi connectivity index (χ3v) is 13.5. The Kier molecular flexibility index (Phi) is 5.34. The second-order valence-corrected chi connectivity index (χ2v) is 15.4. The third kappa shape index (κ3) is 3.64. The summed E-state index contributed by atoms with van der Waals surface area (Å²) < 4.78 is 2.31. The van der Waals surface area contributed by atoms with Crippen LogP contribution in [0.3, 0.4) is 0 Å². The van der Waals surface area contributed by atoms with E-state index >= 15 is 0 Å². The number of benzene rings is 6. The number of para-hydroxylation sites is 2. The van der Waals surface area contributed by atoms with E-state index < -0.39 is 6.04 Å². The van der Waals surface area contributed by atoms with Gasteiger partial charge in [0.2, 0.25) is 0 Å². The molecular weight excluding hydrogens is 561 g/mol. The Morgan fingerprint density at radius 1 is 0.488 bits per heavy atom. The Morgan fingerprint density at radius 2 is 1.14 bits per heavy atom. The summed E-state index contributed by atoms with van der Waals surface area (Å²) in [5, 5.41) is 10.4. The molecule has 0 aliphatic heterocycles. The molecule has 0 N–H and O–H groups in total. The molecule has 3 nitrogen and oxygen atoms in total. The molecular formula is C38H24N3PS. The van der Waals surface area contributed by atoms with Gasteiger partial charge in [-0.1, -0.05) is 115 Å². The van der Waals surface area contributed by atoms with E-state index in [9.17, 15) is 0 Å². The van der Waals surface area contributed by atoms with Gasteiger partial charge in [-0.15, -0.1) is 0 Å². The first-order chi connectivity index (χ1) is 21.2. The summed E-state index contributed by atoms with van der Waals surface area (Å²) >= 11 is 6.90. The minimum atomic E-state index is -2.52. The lowest BCUT2D eigenvalue weighted by Crippen LogP contribution is -2.25. The molecule has 1 atom stereocenters. The number of hydrogen-bond donors (Lipinski definition) is 0. The molecule has 202 valence electrons. The van der Waals surface area contributed by atoms with Gasteiger partial charge in [0.25, 0.3) is 0 Å². The van der Waals surface area contributed by atoms with Crippen LogP contribution in [0.4, 0.5) is 0 Å². The van der Waals surface area contributed by atoms with E-state index in [0.717, 1.165) is 54.4 Å². The van der Waals surface area contributed by atoms with Crippen molar-refractivity contribution in [3.63, 3.8) is 0 Å². The van der Waals surface area contributed by atoms with Gasteiger partial charge in [0.1, 0.15) is 5.65 Å². The van der Waals surface area contributed by atoms with Crippen molar-refractivity contribution < 1.29 is 0 Å². The lowest BCUT2D eigenvalue weighted by atomic mass is 10.1. The highest BCUT2D eigenvalue weighted by Gasteiger charge is 2.27. The molecule has 0 spiro atoms. The molecule has 1 unspecified atom stereocenters. The topological polar surface area (TPSA) is 30.2 Å². The summed E-state index contributed by atoms with van der Waals surface area (Å²) in [4.78, 5) is 10.1. The van der Waals surface area contributed by atoms with Gasteiger partial charge >= 0.3 is 0 Å². The molecule has 0 amide bonds. The standard InChI is InChI=1S/C38H24N3PS/c43-42(28-18-17-25-9-1-2-10-26(25)21-28,30-22-27-11-3-7-15-34(27)39-24-30)29-19-20-35-37(23-29)41-36-16-8-6-13-32(36)31-12-4-5-14-33(31)38(41)40-35/h1-24H. The number of hydrogen-bond acceptors (Lipinski definition) is 3. The predicted octanol–water partition coefficient (Wildman–Crippen LogP) is 8.25. The molecule has 0 aliphatic rings. The van der Waals surface area contributed by atoms with Gasteiger partial charge in [-0.2, -0.15) is 0 Å². The van der Waals surface area contributed by atoms with Gasteiger partial charge in [0.15, 0.2) is 0 Å². The first kappa shape index (κ1) is 24.7. The summed E-state index contributed by atoms with van der Waals surface area (Å²) in [6.07, 6.45) is 2.00. The van der Waals surface area contributed by atoms with Crippen LogP contribution in [0.25, 0.3) is 60.0 Å². The van der Waals surface area contributed by atoms with Crippen molar-refractivity contribution in [2.24, 2.45) is 0 Å². The fourth-order valence-electron chi connectivity index (χ4n) is 6.54. The zero-order chi connectivity index (χ0) is 28.5. The van der Waals surface area contributed by atoms with Crippen LogP contribution in [0.15, 0.2) is 146 Å². The van der Waals surface area contributed by atoms with Gasteiger partial charge in [0.05, 0.1) is 22.1 Å². The maximum atomic E-state index is 6.90. The maximum Gasteiger partial charge on any atom is 0.146 e. The van der Waals surface area contributed by atoms with Gasteiger partial charge in [-0.25, -0.2) is 4.98 Å². The molecule has 5 heteroatoms. The average Bonchev–Trinajstić information content (AvgIpc) is 3.47. The average molecular weight is 586 g/mol. The van der Waals surface area contributed by atoms with Crippen molar-refractivity contribution in [3.05, 3.63) is 146 Å². The molecule has 6 aromatic carbocycles. The van der Waals surface area contributed by atoms with Crippen LogP contribution in [0, 0.1) is 0 Å². The zero-order valence-corrected chi connectivity index (χ0v) is 24.8. The number of rotatable bonds is 3. The Bertz CT molecular complexity index is 2540. The van der Waals surface area contributed by atoms with Crippen molar-refractivity contribution in [3.8, 4) is 0 Å². The van der Waals surface area contributed by atoms with Gasteiger partial charge < -0.3 is 0 Å². The van der Waals surface area contributed by atoms with Crippen LogP contribution in [0.5, 0.6) is 0 Å². The first-order valence-electron chi connectivity index (χ1n) is 14.4. The minimum absolute atomic E-state index is 0.960. The Balaban J connectivity index is 1.38. The molecule has 0 fully saturated rings. The minimum Gasteiger partial charge on any atom is -0.292 e. The van der Waals surface area contributed by atoms with Crippen LogP contribution >= 0.6 is 6.04 Å². The highest BCUT2D eigenvalue weighted by atomic mass is 32.4. The van der Waals surface area contributed by atoms with Crippen LogP contribution in [-0.2, 0) is 11.8 Å². The van der Waals surface area contributed by atoms with E-state index in [0.29, 0.717) is 0 Å². The summed E-state index contributed by atoms with van der Waals surface area (Å²) in [6.45, 7) is 0. The molecule has 9 aromatic rings. The molecule has 0 radical (unpaired) electrons. The smallest absolute Gasteiger partial charge is 0.146 e. The highest BCUT2D eigenvalue weighted by molar-refractivity contribution is 8.25. The van der Waals surface area contributed by atoms with Crippen molar-refractivity contribution >= 4 is 93.8 Å². The molecule has 3 heterocycles. The van der Waals surface area contributed by atoms with E-state index in [1.54, 1.807) is 0 Å². The third-order valence-electron chi connectivity index (χ3n) is 8.64. The fourth-order valence-corrected chi connectivity index (χ4v) is 10.2. The predicted molar refractivity (Wildman–Crippen MR) is 187 cm³/mol. The van der Waals surface area contributed by atoms with Crippen LogP contribution < -0.4 is 15.9 Å². The Morgan fingerprint density at radius 3 is 2.02 bits per heavy atom. The van der Waals surface area contributed by atoms with Crippen molar-refractivity contribution in [1.29, 1.82) is 0 Å². The molecule has 43 heavy (non-hydrogen) atoms. The number of imidazole rings is 1. The van der Waals surface area contributed by atoms with Crippen molar-refractivity contribution in [1.82, 2.24) is 14.4 Å². The van der Waals surface area contributed by atoms with Crippen LogP contribution in [-0.4, -0.2) is 14.4 Å². The molecule has 0 aliphatic carbocycles. The number of nitrogens with zero attached hydrogens (tertiary/aromatic N) is 3. The van der Waals surface area contributed by atoms with E-state index in [1.165, 1.54) is 21.5 Å². The summed E-state index contributed by atoms with van der Waals surface area (Å²) in [5.41, 5.74) is 5.11. The van der Waals surface area contributed by atoms with Crippen LogP contribution in [0.1, 0.15) is 0 Å². The molecule has 3 aromatic heterocycles. The van der Waals surface area contributed by atoms with E-state index in [-0.39, 0.29) is 0 Å². The lowest BCUT2D eigenvalue weighted by molar-refractivity contribution is 1.32. The van der Waals surface area contributed by atoms with E-state index in [4.69, 9.17) is 21.8 Å². The second kappa shape index (κ2) is 9.31. The van der Waals surface area contributed by atoms with E-state index in [1.807, 2.05) is 12.3 Å². The maximum absolute atomic E-state index is 6.90. The van der Waals surface area contributed by atoms with Crippen LogP contribution in [0.2, 0.25) is 0 Å². The van der Waals surface area contributed by atoms with E-state index in [2.05, 4.69) is 138 Å². The Hall–Kier alpha value is -4.89. The first-order valence-corrected chi connectivity index (χ1v) is 17.2. The van der Waals surface area contributed by atoms with Crippen molar-refractivity contribution in [2.45, 2.75) is 0 Å². The van der Waals surface area contributed by atoms with Gasteiger partial charge in [-0.3, -0.25) is 9.38 Å². The molecule has 9 rings (SSSR count). The number of fused-ring (bicyclic) bond motifs is 10. The number of pyridine rings is 2.